The van der Waals surface area contributed by atoms with E-state index < -0.39 is 0 Å². The summed E-state index contributed by atoms with van der Waals surface area (Å²) in [5.41, 5.74) is 2.50. The molecule has 2 fully saturated rings. The van der Waals surface area contributed by atoms with Crippen LogP contribution in [0.25, 0.3) is 0 Å². The standard InChI is InChI=1S/C16H24N2/c1-13(2)18-12-16(14-5-3-8-17-9-14)10-15(11-16)6-4-7-15/h3,5,8-9,13,18H,4,6-7,10-12H2,1-2H3. The molecule has 0 bridgehead atoms. The van der Waals surface area contributed by atoms with Gasteiger partial charge in [-0.25, -0.2) is 0 Å². The Labute approximate surface area is 110 Å². The number of hydrogen-bond acceptors (Lipinski definition) is 2. The molecule has 2 saturated carbocycles. The molecule has 1 N–H and O–H groups in total. The predicted molar refractivity (Wildman–Crippen MR) is 74.6 cm³/mol. The van der Waals surface area contributed by atoms with Crippen molar-refractivity contribution >= 4 is 0 Å². The van der Waals surface area contributed by atoms with E-state index in [1.165, 1.54) is 37.7 Å². The summed E-state index contributed by atoms with van der Waals surface area (Å²) in [6.07, 6.45) is 11.0. The van der Waals surface area contributed by atoms with E-state index in [0.29, 0.717) is 16.9 Å². The van der Waals surface area contributed by atoms with Crippen LogP contribution in [0.3, 0.4) is 0 Å². The van der Waals surface area contributed by atoms with Crippen molar-refractivity contribution in [1.29, 1.82) is 0 Å². The van der Waals surface area contributed by atoms with Crippen LogP contribution in [0.1, 0.15) is 51.5 Å². The molecule has 0 aliphatic heterocycles. The van der Waals surface area contributed by atoms with Gasteiger partial charge in [0.25, 0.3) is 0 Å². The highest BCUT2D eigenvalue weighted by molar-refractivity contribution is 5.30. The molecule has 3 rings (SSSR count). The van der Waals surface area contributed by atoms with Gasteiger partial charge in [-0.2, -0.15) is 0 Å². The number of nitrogens with zero attached hydrogens (tertiary/aromatic N) is 1. The minimum Gasteiger partial charge on any atom is -0.314 e. The Morgan fingerprint density at radius 3 is 2.61 bits per heavy atom. The summed E-state index contributed by atoms with van der Waals surface area (Å²) >= 11 is 0. The zero-order chi connectivity index (χ0) is 12.6. The molecule has 1 spiro atoms. The van der Waals surface area contributed by atoms with Gasteiger partial charge < -0.3 is 5.32 Å². The molecule has 2 heteroatoms. The molecule has 1 aromatic heterocycles. The van der Waals surface area contributed by atoms with Gasteiger partial charge in [0.05, 0.1) is 0 Å². The van der Waals surface area contributed by atoms with Gasteiger partial charge in [-0.15, -0.1) is 0 Å². The van der Waals surface area contributed by atoms with Crippen LogP contribution in [0.2, 0.25) is 0 Å². The van der Waals surface area contributed by atoms with Gasteiger partial charge in [-0.05, 0) is 42.7 Å². The topological polar surface area (TPSA) is 24.9 Å². The van der Waals surface area contributed by atoms with Crippen molar-refractivity contribution in [1.82, 2.24) is 10.3 Å². The summed E-state index contributed by atoms with van der Waals surface area (Å²) in [6.45, 7) is 5.57. The van der Waals surface area contributed by atoms with Gasteiger partial charge in [-0.1, -0.05) is 26.3 Å². The highest BCUT2D eigenvalue weighted by Crippen LogP contribution is 2.64. The molecule has 0 aromatic carbocycles. The molecule has 0 radical (unpaired) electrons. The van der Waals surface area contributed by atoms with Gasteiger partial charge in [0, 0.05) is 30.4 Å². The van der Waals surface area contributed by atoms with Crippen LogP contribution in [-0.4, -0.2) is 17.6 Å². The molecule has 1 aromatic rings. The Balaban J connectivity index is 1.77. The normalized spacial score (nSPS) is 23.7. The maximum atomic E-state index is 4.32. The van der Waals surface area contributed by atoms with Crippen molar-refractivity contribution in [3.05, 3.63) is 30.1 Å². The lowest BCUT2D eigenvalue weighted by Crippen LogP contribution is -2.58. The lowest BCUT2D eigenvalue weighted by molar-refractivity contribution is -0.0490. The Bertz CT molecular complexity index is 398. The first kappa shape index (κ1) is 12.2. The third-order valence-electron chi connectivity index (χ3n) is 4.96. The number of aromatic nitrogens is 1. The van der Waals surface area contributed by atoms with Crippen LogP contribution < -0.4 is 5.32 Å². The van der Waals surface area contributed by atoms with Crippen LogP contribution in [0, 0.1) is 5.41 Å². The molecule has 0 unspecified atom stereocenters. The van der Waals surface area contributed by atoms with E-state index in [4.69, 9.17) is 0 Å². The number of pyridine rings is 1. The smallest absolute Gasteiger partial charge is 0.0306 e. The molecule has 98 valence electrons. The van der Waals surface area contributed by atoms with Crippen molar-refractivity contribution in [3.8, 4) is 0 Å². The zero-order valence-electron chi connectivity index (χ0n) is 11.6. The van der Waals surface area contributed by atoms with Crippen LogP contribution in [-0.2, 0) is 5.41 Å². The molecule has 2 nitrogen and oxygen atoms in total. The number of rotatable bonds is 4. The van der Waals surface area contributed by atoms with E-state index in [1.807, 2.05) is 6.20 Å². The Morgan fingerprint density at radius 2 is 2.11 bits per heavy atom. The molecule has 0 amide bonds. The molecule has 2 aliphatic carbocycles. The minimum absolute atomic E-state index is 0.360. The lowest BCUT2D eigenvalue weighted by Gasteiger charge is -2.61. The molecular formula is C16H24N2. The van der Waals surface area contributed by atoms with Gasteiger partial charge >= 0.3 is 0 Å². The van der Waals surface area contributed by atoms with Gasteiger partial charge in [0.15, 0.2) is 0 Å². The Hall–Kier alpha value is -0.890. The second kappa shape index (κ2) is 4.34. The average molecular weight is 244 g/mol. The Morgan fingerprint density at radius 1 is 1.33 bits per heavy atom. The SMILES string of the molecule is CC(C)NCC1(c2cccnc2)CC2(CCC2)C1. The van der Waals surface area contributed by atoms with E-state index >= 15 is 0 Å². The fourth-order valence-corrected chi connectivity index (χ4v) is 3.92. The van der Waals surface area contributed by atoms with E-state index in [1.54, 1.807) is 0 Å². The maximum absolute atomic E-state index is 4.32. The van der Waals surface area contributed by atoms with Crippen molar-refractivity contribution < 1.29 is 0 Å². The molecule has 0 atom stereocenters. The summed E-state index contributed by atoms with van der Waals surface area (Å²) in [5.74, 6) is 0. The summed E-state index contributed by atoms with van der Waals surface area (Å²) in [7, 11) is 0. The van der Waals surface area contributed by atoms with E-state index in [0.717, 1.165) is 6.54 Å². The van der Waals surface area contributed by atoms with E-state index in [-0.39, 0.29) is 0 Å². The maximum Gasteiger partial charge on any atom is 0.0306 e. The third kappa shape index (κ3) is 1.97. The van der Waals surface area contributed by atoms with E-state index in [2.05, 4.69) is 42.5 Å². The summed E-state index contributed by atoms with van der Waals surface area (Å²) in [5, 5.41) is 3.64. The molecule has 18 heavy (non-hydrogen) atoms. The first-order valence-corrected chi connectivity index (χ1v) is 7.28. The van der Waals surface area contributed by atoms with Gasteiger partial charge in [-0.3, -0.25) is 4.98 Å². The van der Waals surface area contributed by atoms with Crippen LogP contribution in [0.4, 0.5) is 0 Å². The number of hydrogen-bond donors (Lipinski definition) is 1. The van der Waals surface area contributed by atoms with Crippen LogP contribution in [0.5, 0.6) is 0 Å². The highest BCUT2D eigenvalue weighted by atomic mass is 14.9. The van der Waals surface area contributed by atoms with Gasteiger partial charge in [0.2, 0.25) is 0 Å². The summed E-state index contributed by atoms with van der Waals surface area (Å²) < 4.78 is 0. The molecular weight excluding hydrogens is 220 g/mol. The lowest BCUT2D eigenvalue weighted by atomic mass is 9.44. The van der Waals surface area contributed by atoms with E-state index in [9.17, 15) is 0 Å². The van der Waals surface area contributed by atoms with Gasteiger partial charge in [0.1, 0.15) is 0 Å². The Kier molecular flexibility index (Phi) is 2.93. The van der Waals surface area contributed by atoms with Crippen molar-refractivity contribution in [2.24, 2.45) is 5.41 Å². The molecule has 1 heterocycles. The second-order valence-corrected chi connectivity index (χ2v) is 6.76. The largest absolute Gasteiger partial charge is 0.314 e. The average Bonchev–Trinajstić information content (AvgIpc) is 2.27. The van der Waals surface area contributed by atoms with Crippen molar-refractivity contribution in [2.75, 3.05) is 6.54 Å². The fourth-order valence-electron chi connectivity index (χ4n) is 3.92. The minimum atomic E-state index is 0.360. The molecule has 0 saturated heterocycles. The van der Waals surface area contributed by atoms with Crippen molar-refractivity contribution in [2.45, 2.75) is 57.4 Å². The summed E-state index contributed by atoms with van der Waals surface area (Å²) in [6, 6.07) is 4.91. The second-order valence-electron chi connectivity index (χ2n) is 6.76. The first-order valence-electron chi connectivity index (χ1n) is 7.28. The monoisotopic (exact) mass is 244 g/mol. The molecule has 2 aliphatic rings. The van der Waals surface area contributed by atoms with Crippen LogP contribution in [0.15, 0.2) is 24.5 Å². The third-order valence-corrected chi connectivity index (χ3v) is 4.96. The first-order chi connectivity index (χ1) is 8.64. The predicted octanol–water partition coefficient (Wildman–Crippen LogP) is 3.28. The quantitative estimate of drug-likeness (QED) is 0.879. The van der Waals surface area contributed by atoms with Crippen LogP contribution >= 0.6 is 0 Å². The number of nitrogens with one attached hydrogen (secondary N) is 1. The van der Waals surface area contributed by atoms with Crippen molar-refractivity contribution in [3.63, 3.8) is 0 Å². The fraction of sp³-hybridized carbons (Fsp3) is 0.688. The summed E-state index contributed by atoms with van der Waals surface area (Å²) in [4.78, 5) is 4.32. The zero-order valence-corrected chi connectivity index (χ0v) is 11.6. The highest BCUT2D eigenvalue weighted by Gasteiger charge is 2.57.